The molecule has 0 aromatic rings. The second kappa shape index (κ2) is 5.87. The largest absolute Gasteiger partial charge is 0.394 e. The summed E-state index contributed by atoms with van der Waals surface area (Å²) in [5.41, 5.74) is -0.0375. The molecule has 1 aliphatic heterocycles. The summed E-state index contributed by atoms with van der Waals surface area (Å²) in [6.45, 7) is 9.67. The van der Waals surface area contributed by atoms with Crippen LogP contribution in [0, 0.1) is 0 Å². The van der Waals surface area contributed by atoms with E-state index in [0.29, 0.717) is 18.2 Å². The first-order valence-corrected chi connectivity index (χ1v) is 7.34. The van der Waals surface area contributed by atoms with Gasteiger partial charge in [0.2, 0.25) is 0 Å². The van der Waals surface area contributed by atoms with Crippen LogP contribution in [0.25, 0.3) is 0 Å². The summed E-state index contributed by atoms with van der Waals surface area (Å²) < 4.78 is 5.80. The number of nitrogens with one attached hydrogen (secondary N) is 1. The summed E-state index contributed by atoms with van der Waals surface area (Å²) in [6.07, 6.45) is 4.00. The van der Waals surface area contributed by atoms with Gasteiger partial charge in [0.15, 0.2) is 0 Å². The van der Waals surface area contributed by atoms with Crippen LogP contribution in [-0.2, 0) is 4.74 Å². The lowest BCUT2D eigenvalue weighted by Gasteiger charge is -2.39. The summed E-state index contributed by atoms with van der Waals surface area (Å²) in [7, 11) is 0. The highest BCUT2D eigenvalue weighted by atomic mass is 16.5. The van der Waals surface area contributed by atoms with Crippen LogP contribution in [0.4, 0.5) is 0 Å². The second-order valence-corrected chi connectivity index (χ2v) is 6.08. The molecule has 0 aromatic carbocycles. The van der Waals surface area contributed by atoms with Gasteiger partial charge in [0.05, 0.1) is 18.8 Å². The van der Waals surface area contributed by atoms with Gasteiger partial charge in [-0.1, -0.05) is 6.92 Å². The van der Waals surface area contributed by atoms with Gasteiger partial charge in [0.25, 0.3) is 0 Å². The first-order chi connectivity index (χ1) is 8.58. The molecule has 106 valence electrons. The van der Waals surface area contributed by atoms with Crippen LogP contribution in [-0.4, -0.2) is 60.0 Å². The van der Waals surface area contributed by atoms with Gasteiger partial charge in [0.1, 0.15) is 0 Å². The van der Waals surface area contributed by atoms with Gasteiger partial charge in [-0.2, -0.15) is 0 Å². The van der Waals surface area contributed by atoms with Gasteiger partial charge in [-0.05, 0) is 39.7 Å². The maximum atomic E-state index is 9.66. The van der Waals surface area contributed by atoms with Crippen molar-refractivity contribution in [1.29, 1.82) is 0 Å². The predicted molar refractivity (Wildman–Crippen MR) is 72.7 cm³/mol. The lowest BCUT2D eigenvalue weighted by Crippen LogP contribution is -2.52. The number of morpholine rings is 1. The van der Waals surface area contributed by atoms with Gasteiger partial charge in [-0.25, -0.2) is 0 Å². The highest BCUT2D eigenvalue weighted by Crippen LogP contribution is 2.34. The lowest BCUT2D eigenvalue weighted by atomic mass is 9.98. The first kappa shape index (κ1) is 14.3. The molecule has 2 rings (SSSR count). The minimum atomic E-state index is -0.0375. The van der Waals surface area contributed by atoms with Crippen LogP contribution in [0.15, 0.2) is 0 Å². The van der Waals surface area contributed by atoms with Gasteiger partial charge >= 0.3 is 0 Å². The van der Waals surface area contributed by atoms with E-state index in [2.05, 4.69) is 31.0 Å². The summed E-state index contributed by atoms with van der Waals surface area (Å²) >= 11 is 0. The fourth-order valence-corrected chi connectivity index (χ4v) is 3.66. The number of rotatable bonds is 4. The van der Waals surface area contributed by atoms with Crippen molar-refractivity contribution in [3.63, 3.8) is 0 Å². The molecular formula is C14H28N2O2. The molecule has 4 unspecified atom stereocenters. The molecule has 2 fully saturated rings. The molecule has 1 aliphatic carbocycles. The Hall–Kier alpha value is -0.160. The maximum absolute atomic E-state index is 9.66. The van der Waals surface area contributed by atoms with Gasteiger partial charge < -0.3 is 15.2 Å². The quantitative estimate of drug-likeness (QED) is 0.787. The minimum absolute atomic E-state index is 0.0375. The number of ether oxygens (including phenoxy) is 1. The Balaban J connectivity index is 1.95. The Bertz CT molecular complexity index is 265. The van der Waals surface area contributed by atoms with E-state index >= 15 is 0 Å². The van der Waals surface area contributed by atoms with Crippen molar-refractivity contribution in [3.05, 3.63) is 0 Å². The van der Waals surface area contributed by atoms with E-state index in [1.165, 1.54) is 6.42 Å². The third-order valence-electron chi connectivity index (χ3n) is 4.40. The van der Waals surface area contributed by atoms with Crippen molar-refractivity contribution < 1.29 is 9.84 Å². The molecule has 0 radical (unpaired) electrons. The van der Waals surface area contributed by atoms with Gasteiger partial charge in [-0.15, -0.1) is 0 Å². The minimum Gasteiger partial charge on any atom is -0.394 e. The van der Waals surface area contributed by atoms with E-state index in [0.717, 1.165) is 32.5 Å². The number of aliphatic hydroxyl groups excluding tert-OH is 1. The van der Waals surface area contributed by atoms with E-state index in [-0.39, 0.29) is 12.1 Å². The third-order valence-corrected chi connectivity index (χ3v) is 4.40. The molecular weight excluding hydrogens is 228 g/mol. The van der Waals surface area contributed by atoms with Crippen LogP contribution >= 0.6 is 0 Å². The second-order valence-electron chi connectivity index (χ2n) is 6.08. The molecule has 1 saturated carbocycles. The van der Waals surface area contributed by atoms with Crippen LogP contribution < -0.4 is 5.32 Å². The fourth-order valence-electron chi connectivity index (χ4n) is 3.66. The van der Waals surface area contributed by atoms with Crippen molar-refractivity contribution >= 4 is 0 Å². The average molecular weight is 256 g/mol. The Kier molecular flexibility index (Phi) is 4.64. The molecule has 18 heavy (non-hydrogen) atoms. The number of hydrogen-bond acceptors (Lipinski definition) is 4. The van der Waals surface area contributed by atoms with E-state index < -0.39 is 0 Å². The lowest BCUT2D eigenvalue weighted by molar-refractivity contribution is -0.0805. The summed E-state index contributed by atoms with van der Waals surface area (Å²) in [6, 6.07) is 0.602. The monoisotopic (exact) mass is 256 g/mol. The Morgan fingerprint density at radius 2 is 2.00 bits per heavy atom. The highest BCUT2D eigenvalue weighted by molar-refractivity contribution is 5.00. The number of likely N-dealkylation sites (N-methyl/N-ethyl adjacent to an activating group) is 1. The van der Waals surface area contributed by atoms with Crippen molar-refractivity contribution in [2.24, 2.45) is 0 Å². The SMILES string of the molecule is CCNC1(CO)CCC(N2CC(C)OC(C)C2)C1. The van der Waals surface area contributed by atoms with Crippen molar-refractivity contribution in [3.8, 4) is 0 Å². The molecule has 4 atom stereocenters. The number of hydrogen-bond donors (Lipinski definition) is 2. The highest BCUT2D eigenvalue weighted by Gasteiger charge is 2.41. The Morgan fingerprint density at radius 3 is 2.56 bits per heavy atom. The van der Waals surface area contributed by atoms with Gasteiger partial charge in [0, 0.05) is 24.7 Å². The predicted octanol–water partition coefficient (Wildman–Crippen LogP) is 0.989. The molecule has 2 aliphatic rings. The van der Waals surface area contributed by atoms with Crippen LogP contribution in [0.5, 0.6) is 0 Å². The van der Waals surface area contributed by atoms with Crippen molar-refractivity contribution in [1.82, 2.24) is 10.2 Å². The molecule has 0 amide bonds. The summed E-state index contributed by atoms with van der Waals surface area (Å²) in [5.74, 6) is 0. The topological polar surface area (TPSA) is 44.7 Å². The zero-order chi connectivity index (χ0) is 13.2. The van der Waals surface area contributed by atoms with Crippen molar-refractivity contribution in [2.75, 3.05) is 26.2 Å². The molecule has 0 aromatic heterocycles. The molecule has 2 N–H and O–H groups in total. The van der Waals surface area contributed by atoms with Crippen molar-refractivity contribution in [2.45, 2.75) is 63.8 Å². The normalized spacial score (nSPS) is 42.3. The Morgan fingerprint density at radius 1 is 1.33 bits per heavy atom. The average Bonchev–Trinajstić information content (AvgIpc) is 2.73. The molecule has 0 spiro atoms. The van der Waals surface area contributed by atoms with Crippen LogP contribution in [0.2, 0.25) is 0 Å². The summed E-state index contributed by atoms with van der Waals surface area (Å²) in [4.78, 5) is 2.56. The maximum Gasteiger partial charge on any atom is 0.0678 e. The summed E-state index contributed by atoms with van der Waals surface area (Å²) in [5, 5.41) is 13.2. The molecule has 4 heteroatoms. The van der Waals surface area contributed by atoms with Crippen LogP contribution in [0.1, 0.15) is 40.0 Å². The standard InChI is InChI=1S/C14H28N2O2/c1-4-15-14(10-17)6-5-13(7-14)16-8-11(2)18-12(3)9-16/h11-13,15,17H,4-10H2,1-3H3. The van der Waals surface area contributed by atoms with E-state index in [4.69, 9.17) is 4.74 Å². The first-order valence-electron chi connectivity index (χ1n) is 7.34. The Labute approximate surface area is 111 Å². The van der Waals surface area contributed by atoms with E-state index in [1.54, 1.807) is 0 Å². The number of nitrogens with zero attached hydrogens (tertiary/aromatic N) is 1. The fraction of sp³-hybridized carbons (Fsp3) is 1.00. The van der Waals surface area contributed by atoms with E-state index in [9.17, 15) is 5.11 Å². The smallest absolute Gasteiger partial charge is 0.0678 e. The molecule has 1 heterocycles. The zero-order valence-corrected chi connectivity index (χ0v) is 12.0. The zero-order valence-electron chi connectivity index (χ0n) is 12.0. The third kappa shape index (κ3) is 3.05. The molecule has 4 nitrogen and oxygen atoms in total. The van der Waals surface area contributed by atoms with Gasteiger partial charge in [-0.3, -0.25) is 4.90 Å². The molecule has 1 saturated heterocycles. The van der Waals surface area contributed by atoms with E-state index in [1.807, 2.05) is 0 Å². The number of aliphatic hydroxyl groups is 1. The van der Waals surface area contributed by atoms with Crippen LogP contribution in [0.3, 0.4) is 0 Å². The molecule has 0 bridgehead atoms.